The van der Waals surface area contributed by atoms with E-state index in [1.807, 2.05) is 0 Å². The maximum atomic E-state index is 10.9. The number of halogens is 1. The van der Waals surface area contributed by atoms with Gasteiger partial charge in [0.15, 0.2) is 0 Å². The van der Waals surface area contributed by atoms with Crippen molar-refractivity contribution in [2.45, 2.75) is 18.9 Å². The normalized spacial score (nSPS) is 16.8. The zero-order valence-electron chi connectivity index (χ0n) is 9.19. The highest BCUT2D eigenvalue weighted by Crippen LogP contribution is 2.33. The van der Waals surface area contributed by atoms with Crippen LogP contribution in [0.2, 0.25) is 5.02 Å². The Morgan fingerprint density at radius 2 is 2.12 bits per heavy atom. The van der Waals surface area contributed by atoms with Crippen molar-refractivity contribution in [2.75, 3.05) is 18.5 Å². The lowest BCUT2D eigenvalue weighted by atomic mass is 10.1. The summed E-state index contributed by atoms with van der Waals surface area (Å²) in [4.78, 5) is 10.5. The molecule has 1 fully saturated rings. The number of nitro groups is 1. The van der Waals surface area contributed by atoms with Crippen LogP contribution in [-0.4, -0.2) is 24.2 Å². The van der Waals surface area contributed by atoms with Crippen LogP contribution in [0, 0.1) is 10.1 Å². The van der Waals surface area contributed by atoms with Crippen LogP contribution in [0.1, 0.15) is 12.8 Å². The molecule has 1 heterocycles. The lowest BCUT2D eigenvalue weighted by Crippen LogP contribution is -2.28. The average Bonchev–Trinajstić information content (AvgIpc) is 2.30. The zero-order chi connectivity index (χ0) is 12.3. The van der Waals surface area contributed by atoms with Crippen molar-refractivity contribution in [1.29, 1.82) is 0 Å². The van der Waals surface area contributed by atoms with Crippen LogP contribution in [0.5, 0.6) is 0 Å². The fourth-order valence-corrected chi connectivity index (χ4v) is 2.12. The molecule has 1 aromatic rings. The molecular formula is C11H13ClN2O3. The maximum Gasteiger partial charge on any atom is 0.310 e. The average molecular weight is 257 g/mol. The van der Waals surface area contributed by atoms with Crippen LogP contribution in [0.4, 0.5) is 11.4 Å². The monoisotopic (exact) mass is 256 g/mol. The van der Waals surface area contributed by atoms with Crippen molar-refractivity contribution in [3.8, 4) is 0 Å². The van der Waals surface area contributed by atoms with Crippen LogP contribution < -0.4 is 5.32 Å². The first-order valence-electron chi connectivity index (χ1n) is 5.45. The van der Waals surface area contributed by atoms with E-state index >= 15 is 0 Å². The third-order valence-electron chi connectivity index (χ3n) is 2.75. The molecule has 0 radical (unpaired) electrons. The smallest absolute Gasteiger partial charge is 0.310 e. The van der Waals surface area contributed by atoms with E-state index in [2.05, 4.69) is 5.32 Å². The molecule has 6 heteroatoms. The largest absolute Gasteiger partial charge is 0.381 e. The van der Waals surface area contributed by atoms with Gasteiger partial charge in [-0.3, -0.25) is 10.1 Å². The van der Waals surface area contributed by atoms with Gasteiger partial charge in [0, 0.05) is 19.3 Å². The first-order valence-corrected chi connectivity index (χ1v) is 5.83. The van der Waals surface area contributed by atoms with Crippen LogP contribution in [0.15, 0.2) is 18.2 Å². The van der Waals surface area contributed by atoms with Crippen LogP contribution in [-0.2, 0) is 4.74 Å². The van der Waals surface area contributed by atoms with E-state index in [4.69, 9.17) is 16.3 Å². The van der Waals surface area contributed by atoms with Gasteiger partial charge in [0.2, 0.25) is 0 Å². The predicted molar refractivity (Wildman–Crippen MR) is 65.6 cm³/mol. The van der Waals surface area contributed by atoms with Crippen molar-refractivity contribution in [3.63, 3.8) is 0 Å². The van der Waals surface area contributed by atoms with E-state index in [1.165, 1.54) is 6.07 Å². The number of nitrogens with zero attached hydrogens (tertiary/aromatic N) is 1. The number of para-hydroxylation sites is 1. The highest BCUT2D eigenvalue weighted by molar-refractivity contribution is 6.33. The van der Waals surface area contributed by atoms with Crippen molar-refractivity contribution in [1.82, 2.24) is 0 Å². The molecule has 5 nitrogen and oxygen atoms in total. The number of rotatable bonds is 3. The minimum absolute atomic E-state index is 0.0549. The van der Waals surface area contributed by atoms with Gasteiger partial charge in [-0.05, 0) is 25.0 Å². The molecule has 0 unspecified atom stereocenters. The van der Waals surface area contributed by atoms with E-state index in [9.17, 15) is 10.1 Å². The van der Waals surface area contributed by atoms with Gasteiger partial charge in [-0.2, -0.15) is 0 Å². The molecule has 0 saturated carbocycles. The lowest BCUT2D eigenvalue weighted by Gasteiger charge is -2.24. The highest BCUT2D eigenvalue weighted by atomic mass is 35.5. The number of nitro benzene ring substituents is 1. The van der Waals surface area contributed by atoms with Gasteiger partial charge in [0.25, 0.3) is 0 Å². The van der Waals surface area contributed by atoms with E-state index in [1.54, 1.807) is 12.1 Å². The number of nitrogens with one attached hydrogen (secondary N) is 1. The molecule has 1 saturated heterocycles. The van der Waals surface area contributed by atoms with Crippen LogP contribution in [0.3, 0.4) is 0 Å². The summed E-state index contributed by atoms with van der Waals surface area (Å²) in [6, 6.07) is 5.12. The van der Waals surface area contributed by atoms with Crippen molar-refractivity contribution < 1.29 is 9.66 Å². The Morgan fingerprint density at radius 3 is 2.76 bits per heavy atom. The van der Waals surface area contributed by atoms with E-state index < -0.39 is 4.92 Å². The Hall–Kier alpha value is -1.33. The highest BCUT2D eigenvalue weighted by Gasteiger charge is 2.21. The predicted octanol–water partition coefficient (Wildman–Crippen LogP) is 2.84. The molecule has 1 aliphatic heterocycles. The molecule has 92 valence electrons. The summed E-state index contributed by atoms with van der Waals surface area (Å²) in [6.45, 7) is 1.37. The summed E-state index contributed by atoms with van der Waals surface area (Å²) < 4.78 is 5.24. The van der Waals surface area contributed by atoms with Crippen LogP contribution in [0.25, 0.3) is 0 Å². The summed E-state index contributed by atoms with van der Waals surface area (Å²) in [5.74, 6) is 0. The minimum Gasteiger partial charge on any atom is -0.381 e. The number of benzene rings is 1. The molecule has 0 aliphatic carbocycles. The third kappa shape index (κ3) is 2.87. The topological polar surface area (TPSA) is 64.4 Å². The molecular weight excluding hydrogens is 244 g/mol. The van der Waals surface area contributed by atoms with Gasteiger partial charge in [-0.1, -0.05) is 17.7 Å². The number of hydrogen-bond donors (Lipinski definition) is 1. The zero-order valence-corrected chi connectivity index (χ0v) is 9.94. The Labute approximate surface area is 104 Å². The quantitative estimate of drug-likeness (QED) is 0.667. The molecule has 0 atom stereocenters. The van der Waals surface area contributed by atoms with Crippen molar-refractivity contribution in [3.05, 3.63) is 33.3 Å². The lowest BCUT2D eigenvalue weighted by molar-refractivity contribution is -0.383. The van der Waals surface area contributed by atoms with E-state index in [0.717, 1.165) is 12.8 Å². The van der Waals surface area contributed by atoms with Crippen molar-refractivity contribution >= 4 is 23.0 Å². The molecule has 2 rings (SSSR count). The Morgan fingerprint density at radius 1 is 1.41 bits per heavy atom. The first-order chi connectivity index (χ1) is 8.18. The van der Waals surface area contributed by atoms with Gasteiger partial charge in [0.1, 0.15) is 10.7 Å². The van der Waals surface area contributed by atoms with Gasteiger partial charge < -0.3 is 10.1 Å². The molecule has 1 aromatic carbocycles. The molecule has 17 heavy (non-hydrogen) atoms. The summed E-state index contributed by atoms with van der Waals surface area (Å²) >= 11 is 5.84. The van der Waals surface area contributed by atoms with Crippen LogP contribution >= 0.6 is 11.6 Å². The molecule has 0 aromatic heterocycles. The molecule has 1 aliphatic rings. The fourth-order valence-electron chi connectivity index (χ4n) is 1.88. The maximum absolute atomic E-state index is 10.9. The number of anilines is 1. The Balaban J connectivity index is 2.19. The first kappa shape index (κ1) is 12.1. The third-order valence-corrected chi connectivity index (χ3v) is 3.06. The Bertz CT molecular complexity index is 419. The molecule has 0 bridgehead atoms. The molecule has 0 amide bonds. The Kier molecular flexibility index (Phi) is 3.81. The minimum atomic E-state index is -0.454. The second-order valence-electron chi connectivity index (χ2n) is 3.92. The van der Waals surface area contributed by atoms with Gasteiger partial charge in [-0.25, -0.2) is 0 Å². The van der Waals surface area contributed by atoms with E-state index in [-0.39, 0.29) is 16.8 Å². The van der Waals surface area contributed by atoms with E-state index in [0.29, 0.717) is 18.9 Å². The van der Waals surface area contributed by atoms with Crippen molar-refractivity contribution in [2.24, 2.45) is 0 Å². The molecule has 1 N–H and O–H groups in total. The van der Waals surface area contributed by atoms with Gasteiger partial charge in [0.05, 0.1) is 4.92 Å². The van der Waals surface area contributed by atoms with Gasteiger partial charge >= 0.3 is 5.69 Å². The molecule has 0 spiro atoms. The number of hydrogen-bond acceptors (Lipinski definition) is 4. The second kappa shape index (κ2) is 5.33. The fraction of sp³-hybridized carbons (Fsp3) is 0.455. The summed E-state index contributed by atoms with van der Waals surface area (Å²) in [6.07, 6.45) is 1.70. The number of ether oxygens (including phenoxy) is 1. The van der Waals surface area contributed by atoms with Gasteiger partial charge in [-0.15, -0.1) is 0 Å². The standard InChI is InChI=1S/C11H13ClN2O3/c12-9-2-1-3-10(11(9)14(15)16)13-8-4-6-17-7-5-8/h1-3,8,13H,4-7H2. The summed E-state index contributed by atoms with van der Waals surface area (Å²) in [5, 5.41) is 14.3. The summed E-state index contributed by atoms with van der Waals surface area (Å²) in [5.41, 5.74) is 0.426. The SMILES string of the molecule is O=[N+]([O-])c1c(Cl)cccc1NC1CCOCC1. The summed E-state index contributed by atoms with van der Waals surface area (Å²) in [7, 11) is 0. The second-order valence-corrected chi connectivity index (χ2v) is 4.33.